The minimum absolute atomic E-state index is 0.728. The lowest BCUT2D eigenvalue weighted by molar-refractivity contribution is 1.26. The van der Waals surface area contributed by atoms with Crippen molar-refractivity contribution in [2.24, 2.45) is 0 Å². The van der Waals surface area contributed by atoms with Crippen LogP contribution in [0.2, 0.25) is 0 Å². The summed E-state index contributed by atoms with van der Waals surface area (Å²) in [6.07, 6.45) is 0. The fourth-order valence-electron chi connectivity index (χ4n) is 17.3. The molecular formula is C112H73Br2N7. The number of hydrogen-bond acceptors (Lipinski definition) is 7. The zero-order valence-corrected chi connectivity index (χ0v) is 68.7. The second kappa shape index (κ2) is 32.1. The van der Waals surface area contributed by atoms with Crippen LogP contribution in [0.15, 0.2) is 446 Å². The Morgan fingerprint density at radius 1 is 0.207 bits per heavy atom. The summed E-state index contributed by atoms with van der Waals surface area (Å²) in [6, 6.07) is 155. The average molecular weight is 1680 g/mol. The molecule has 0 saturated heterocycles. The molecule has 570 valence electrons. The van der Waals surface area contributed by atoms with E-state index in [9.17, 15) is 0 Å². The topological polar surface area (TPSA) is 70.1 Å². The summed E-state index contributed by atoms with van der Waals surface area (Å²) in [4.78, 5) is 25.1. The van der Waals surface area contributed by atoms with E-state index < -0.39 is 0 Å². The number of halogens is 2. The zero-order chi connectivity index (χ0) is 80.7. The summed E-state index contributed by atoms with van der Waals surface area (Å²) in [7, 11) is 0. The van der Waals surface area contributed by atoms with Crippen molar-refractivity contribution in [3.63, 3.8) is 0 Å². The first-order valence-corrected chi connectivity index (χ1v) is 42.2. The van der Waals surface area contributed by atoms with Gasteiger partial charge < -0.3 is 15.1 Å². The van der Waals surface area contributed by atoms with Crippen molar-refractivity contribution in [2.45, 2.75) is 0 Å². The lowest BCUT2D eigenvalue weighted by atomic mass is 9.87. The first kappa shape index (κ1) is 73.6. The van der Waals surface area contributed by atoms with Gasteiger partial charge >= 0.3 is 0 Å². The Labute approximate surface area is 717 Å². The van der Waals surface area contributed by atoms with E-state index in [0.29, 0.717) is 0 Å². The van der Waals surface area contributed by atoms with E-state index in [4.69, 9.17) is 19.9 Å². The monoisotopic (exact) mass is 1670 g/mol. The number of rotatable bonds is 14. The molecule has 0 fully saturated rings. The number of fused-ring (bicyclic) bond motifs is 3. The van der Waals surface area contributed by atoms with Crippen molar-refractivity contribution in [1.82, 2.24) is 19.9 Å². The lowest BCUT2D eigenvalue weighted by Crippen LogP contribution is -2.10. The molecule has 9 heteroatoms. The van der Waals surface area contributed by atoms with Gasteiger partial charge in [-0.1, -0.05) is 329 Å². The molecule has 2 heterocycles. The van der Waals surface area contributed by atoms with Crippen molar-refractivity contribution in [3.8, 4) is 67.3 Å². The number of aromatic nitrogens is 4. The zero-order valence-electron chi connectivity index (χ0n) is 65.5. The van der Waals surface area contributed by atoms with Gasteiger partial charge in [0.05, 0.1) is 33.4 Å². The van der Waals surface area contributed by atoms with Crippen molar-refractivity contribution in [2.75, 3.05) is 15.1 Å². The van der Waals surface area contributed by atoms with Crippen LogP contribution in [0.5, 0.6) is 0 Å². The smallest absolute Gasteiger partial charge is 0.160 e. The maximum atomic E-state index is 5.20. The van der Waals surface area contributed by atoms with Gasteiger partial charge in [-0.25, -0.2) is 19.9 Å². The number of hydrogen-bond donors (Lipinski definition) is 1. The molecule has 0 aliphatic heterocycles. The van der Waals surface area contributed by atoms with Gasteiger partial charge in [-0.15, -0.1) is 0 Å². The molecule has 7 nitrogen and oxygen atoms in total. The molecule has 0 saturated carbocycles. The van der Waals surface area contributed by atoms with E-state index in [1.54, 1.807) is 0 Å². The number of nitrogens with one attached hydrogen (secondary N) is 1. The van der Waals surface area contributed by atoms with Gasteiger partial charge in [-0.3, -0.25) is 0 Å². The summed E-state index contributed by atoms with van der Waals surface area (Å²) < 4.78 is 2.14. The first-order valence-electron chi connectivity index (χ1n) is 40.6. The van der Waals surface area contributed by atoms with Crippen LogP contribution >= 0.6 is 31.9 Å². The third kappa shape index (κ3) is 14.2. The van der Waals surface area contributed by atoms with Crippen LogP contribution < -0.4 is 15.1 Å². The summed E-state index contributed by atoms with van der Waals surface area (Å²) in [5, 5.41) is 20.1. The summed E-state index contributed by atoms with van der Waals surface area (Å²) in [5.74, 6) is 1.48. The molecule has 0 bridgehead atoms. The highest BCUT2D eigenvalue weighted by atomic mass is 79.9. The predicted octanol–water partition coefficient (Wildman–Crippen LogP) is 32.1. The Balaban J connectivity index is 0.000000140. The quantitative estimate of drug-likeness (QED) is 0.109. The van der Waals surface area contributed by atoms with Gasteiger partial charge in [0.2, 0.25) is 0 Å². The predicted molar refractivity (Wildman–Crippen MR) is 518 cm³/mol. The summed E-state index contributed by atoms with van der Waals surface area (Å²) in [6.45, 7) is 0. The molecule has 0 unspecified atom stereocenters. The van der Waals surface area contributed by atoms with Gasteiger partial charge in [0.1, 0.15) is 0 Å². The minimum Gasteiger partial charge on any atom is -0.355 e. The van der Waals surface area contributed by atoms with E-state index in [1.165, 1.54) is 86.9 Å². The van der Waals surface area contributed by atoms with Crippen LogP contribution in [0, 0.1) is 0 Å². The Morgan fingerprint density at radius 3 is 0.868 bits per heavy atom. The standard InChI is InChI=1S/C64H42N4.C32H18Br2N2.C16H13N/c1-4-18-47(19-5-1)64-65-58-40-38-54-56(45-30-34-50(35-31-45)67(48-22-6-2-7-23-48)60-28-14-20-43-16-10-12-26-52(43)60)42-57(55-39-41-59(66-64)63(58)62(54)55)46-32-36-51(37-33-46)68(49-24-8-3-9-25-49)61-29-15-21-44-17-11-13-27-53(44)61;33-22-10-6-19(7-11-22)26-18-27(20-8-12-23(34)13-9-20)25-15-17-29-31-28(16-14-24(26)30(25)31)35-32(36-29)21-4-2-1-3-5-21;1-2-9-14(10-3-1)17-16-12-6-8-13-7-4-5-11-15(13)16/h1-42H;1-18H;1-12,17H. The Morgan fingerprint density at radius 2 is 0.496 bits per heavy atom. The molecule has 23 rings (SSSR count). The van der Waals surface area contributed by atoms with Crippen LogP contribution in [0.1, 0.15) is 0 Å². The number of anilines is 8. The molecule has 0 aliphatic rings. The third-order valence-electron chi connectivity index (χ3n) is 23.0. The molecule has 0 radical (unpaired) electrons. The molecule has 2 aromatic heterocycles. The third-order valence-corrected chi connectivity index (χ3v) is 24.1. The van der Waals surface area contributed by atoms with Crippen LogP contribution in [-0.4, -0.2) is 19.9 Å². The maximum absolute atomic E-state index is 5.20. The van der Waals surface area contributed by atoms with Gasteiger partial charge in [-0.05, 0) is 222 Å². The van der Waals surface area contributed by atoms with E-state index in [2.05, 4.69) is 429 Å². The van der Waals surface area contributed by atoms with Crippen LogP contribution in [0.25, 0.3) is 165 Å². The number of benzene rings is 21. The molecule has 1 N–H and O–H groups in total. The van der Waals surface area contributed by atoms with Gasteiger partial charge in [0, 0.05) is 91.9 Å². The van der Waals surface area contributed by atoms with Crippen LogP contribution in [-0.2, 0) is 0 Å². The van der Waals surface area contributed by atoms with Crippen molar-refractivity contribution in [3.05, 3.63) is 446 Å². The van der Waals surface area contributed by atoms with E-state index in [-0.39, 0.29) is 0 Å². The fourth-order valence-corrected chi connectivity index (χ4v) is 17.9. The van der Waals surface area contributed by atoms with Crippen molar-refractivity contribution >= 4 is 175 Å². The molecule has 23 aromatic rings. The Kier molecular flexibility index (Phi) is 19.5. The molecule has 0 atom stereocenters. The highest BCUT2D eigenvalue weighted by Crippen LogP contribution is 2.49. The Bertz CT molecular complexity index is 7350. The van der Waals surface area contributed by atoms with Gasteiger partial charge in [0.25, 0.3) is 0 Å². The lowest BCUT2D eigenvalue weighted by Gasteiger charge is -2.27. The van der Waals surface area contributed by atoms with E-state index in [1.807, 2.05) is 54.6 Å². The Hall–Kier alpha value is -15.0. The van der Waals surface area contributed by atoms with Crippen LogP contribution in [0.3, 0.4) is 0 Å². The highest BCUT2D eigenvalue weighted by molar-refractivity contribution is 9.10. The largest absolute Gasteiger partial charge is 0.355 e. The normalized spacial score (nSPS) is 11.4. The fraction of sp³-hybridized carbons (Fsp3) is 0. The maximum Gasteiger partial charge on any atom is 0.160 e. The second-order valence-corrected chi connectivity index (χ2v) is 32.1. The highest BCUT2D eigenvalue weighted by Gasteiger charge is 2.24. The second-order valence-electron chi connectivity index (χ2n) is 30.3. The molecule has 121 heavy (non-hydrogen) atoms. The molecule has 21 aromatic carbocycles. The minimum atomic E-state index is 0.728. The van der Waals surface area contributed by atoms with Crippen molar-refractivity contribution in [1.29, 1.82) is 0 Å². The van der Waals surface area contributed by atoms with Gasteiger partial charge in [-0.2, -0.15) is 0 Å². The summed E-state index contributed by atoms with van der Waals surface area (Å²) in [5.41, 5.74) is 24.1. The number of para-hydroxylation sites is 3. The van der Waals surface area contributed by atoms with E-state index >= 15 is 0 Å². The molecule has 0 spiro atoms. The molecule has 0 amide bonds. The van der Waals surface area contributed by atoms with E-state index in [0.717, 1.165) is 132 Å². The molecule has 0 aliphatic carbocycles. The van der Waals surface area contributed by atoms with Crippen molar-refractivity contribution < 1.29 is 0 Å². The average Bonchev–Trinajstić information content (AvgIpc) is 0.733. The molecular weight excluding hydrogens is 1600 g/mol. The summed E-state index contributed by atoms with van der Waals surface area (Å²) >= 11 is 7.17. The number of nitrogens with zero attached hydrogens (tertiary/aromatic N) is 6. The van der Waals surface area contributed by atoms with Crippen LogP contribution in [0.4, 0.5) is 45.5 Å². The SMILES string of the molecule is Brc1ccc(-c2cc(-c3ccc(Br)cc3)c3ccc4nc(-c5ccccc5)nc5ccc2c3c54)cc1.c1ccc(-c2nc3ccc4c(-c5ccc(N(c6ccccc6)c6cccc7ccccc67)cc5)cc(-c5ccc(N(c6ccccc6)c6cccc7ccccc67)cc5)c5ccc(n2)c3c45)cc1.c1ccc(Nc2cccc3ccccc23)cc1. The van der Waals surface area contributed by atoms with Gasteiger partial charge in [0.15, 0.2) is 11.6 Å². The first-order chi connectivity index (χ1) is 59.8.